The number of amides is 2. The molecule has 2 heterocycles. The average Bonchev–Trinajstić information content (AvgIpc) is 3.16. The van der Waals surface area contributed by atoms with Gasteiger partial charge in [0.1, 0.15) is 0 Å². The third-order valence-electron chi connectivity index (χ3n) is 5.60. The SMILES string of the molecule is Cc1cc(-n2c(C)cc(/C=C3\SC(=O)N(Cc4ccccc4Cl)C3=O)c2C)cc(C)c1Br. The number of rotatable bonds is 4. The molecule has 4 rings (SSSR count). The van der Waals surface area contributed by atoms with Gasteiger partial charge in [0.05, 0.1) is 11.4 Å². The first kappa shape index (κ1) is 22.9. The highest BCUT2D eigenvalue weighted by atomic mass is 79.9. The van der Waals surface area contributed by atoms with Crippen LogP contribution >= 0.6 is 39.3 Å². The Morgan fingerprint density at radius 2 is 1.69 bits per heavy atom. The van der Waals surface area contributed by atoms with Crippen molar-refractivity contribution < 1.29 is 9.59 Å². The second-order valence-electron chi connectivity index (χ2n) is 7.91. The molecule has 0 saturated carbocycles. The highest BCUT2D eigenvalue weighted by Gasteiger charge is 2.35. The normalized spacial score (nSPS) is 15.3. The molecule has 7 heteroatoms. The first-order valence-electron chi connectivity index (χ1n) is 10.1. The second-order valence-corrected chi connectivity index (χ2v) is 10.1. The molecule has 1 aromatic heterocycles. The van der Waals surface area contributed by atoms with Gasteiger partial charge >= 0.3 is 0 Å². The summed E-state index contributed by atoms with van der Waals surface area (Å²) >= 11 is 10.8. The van der Waals surface area contributed by atoms with Gasteiger partial charge < -0.3 is 4.57 Å². The number of imide groups is 1. The van der Waals surface area contributed by atoms with E-state index in [9.17, 15) is 9.59 Å². The Morgan fingerprint density at radius 3 is 2.34 bits per heavy atom. The third-order valence-corrected chi connectivity index (χ3v) is 8.12. The van der Waals surface area contributed by atoms with E-state index in [-0.39, 0.29) is 17.7 Å². The molecule has 1 fully saturated rings. The lowest BCUT2D eigenvalue weighted by Gasteiger charge is -2.14. The largest absolute Gasteiger partial charge is 0.318 e. The van der Waals surface area contributed by atoms with E-state index in [1.165, 1.54) is 4.90 Å². The summed E-state index contributed by atoms with van der Waals surface area (Å²) in [5.41, 5.74) is 7.14. The molecule has 0 spiro atoms. The number of aromatic nitrogens is 1. The average molecular weight is 530 g/mol. The number of halogens is 2. The van der Waals surface area contributed by atoms with E-state index in [2.05, 4.69) is 46.5 Å². The maximum atomic E-state index is 13.0. The summed E-state index contributed by atoms with van der Waals surface area (Å²) in [4.78, 5) is 27.2. The molecule has 4 nitrogen and oxygen atoms in total. The predicted octanol–water partition coefficient (Wildman–Crippen LogP) is 7.36. The Bertz CT molecular complexity index is 1270. The van der Waals surface area contributed by atoms with Gasteiger partial charge in [-0.1, -0.05) is 45.7 Å². The lowest BCUT2D eigenvalue weighted by atomic mass is 10.1. The zero-order valence-electron chi connectivity index (χ0n) is 18.2. The third kappa shape index (κ3) is 4.19. The molecule has 32 heavy (non-hydrogen) atoms. The summed E-state index contributed by atoms with van der Waals surface area (Å²) in [6, 6.07) is 13.6. The van der Waals surface area contributed by atoms with Crippen molar-refractivity contribution in [3.63, 3.8) is 0 Å². The Morgan fingerprint density at radius 1 is 1.03 bits per heavy atom. The molecule has 0 atom stereocenters. The number of aryl methyl sites for hydroxylation is 3. The van der Waals surface area contributed by atoms with Crippen LogP contribution < -0.4 is 0 Å². The lowest BCUT2D eigenvalue weighted by molar-refractivity contribution is -0.123. The van der Waals surface area contributed by atoms with Gasteiger partial charge in [-0.2, -0.15) is 0 Å². The van der Waals surface area contributed by atoms with E-state index >= 15 is 0 Å². The lowest BCUT2D eigenvalue weighted by Crippen LogP contribution is -2.27. The van der Waals surface area contributed by atoms with E-state index in [4.69, 9.17) is 11.6 Å². The molecule has 2 aromatic carbocycles. The smallest absolute Gasteiger partial charge is 0.293 e. The van der Waals surface area contributed by atoms with Crippen LogP contribution in [0.2, 0.25) is 5.02 Å². The minimum atomic E-state index is -0.292. The summed E-state index contributed by atoms with van der Waals surface area (Å²) in [5, 5.41) is 0.258. The molecule has 0 aliphatic carbocycles. The van der Waals surface area contributed by atoms with Crippen LogP contribution in [0.3, 0.4) is 0 Å². The summed E-state index contributed by atoms with van der Waals surface area (Å²) in [6.45, 7) is 8.38. The molecular weight excluding hydrogens is 508 g/mol. The van der Waals surface area contributed by atoms with Crippen molar-refractivity contribution in [2.24, 2.45) is 0 Å². The molecule has 0 N–H and O–H groups in total. The fourth-order valence-electron chi connectivity index (χ4n) is 3.96. The summed E-state index contributed by atoms with van der Waals surface area (Å²) in [7, 11) is 0. The van der Waals surface area contributed by atoms with E-state index in [1.807, 2.05) is 44.2 Å². The maximum Gasteiger partial charge on any atom is 0.293 e. The van der Waals surface area contributed by atoms with Gasteiger partial charge in [-0.3, -0.25) is 14.5 Å². The van der Waals surface area contributed by atoms with Crippen molar-refractivity contribution in [1.82, 2.24) is 9.47 Å². The van der Waals surface area contributed by atoms with Crippen molar-refractivity contribution in [3.8, 4) is 5.69 Å². The number of carbonyl (C=O) groups is 2. The fourth-order valence-corrected chi connectivity index (χ4v) is 5.21. The highest BCUT2D eigenvalue weighted by Crippen LogP contribution is 2.35. The van der Waals surface area contributed by atoms with Crippen LogP contribution in [0.1, 0.15) is 33.6 Å². The van der Waals surface area contributed by atoms with Crippen LogP contribution in [0.4, 0.5) is 4.79 Å². The van der Waals surface area contributed by atoms with E-state index in [1.54, 1.807) is 6.07 Å². The van der Waals surface area contributed by atoms with Crippen LogP contribution in [0.5, 0.6) is 0 Å². The van der Waals surface area contributed by atoms with Crippen LogP contribution in [0.25, 0.3) is 11.8 Å². The monoisotopic (exact) mass is 528 g/mol. The van der Waals surface area contributed by atoms with Crippen molar-refractivity contribution in [2.75, 3.05) is 0 Å². The van der Waals surface area contributed by atoms with Crippen LogP contribution in [0.15, 0.2) is 51.8 Å². The minimum absolute atomic E-state index is 0.165. The molecule has 3 aromatic rings. The Kier molecular flexibility index (Phi) is 6.39. The number of thioether (sulfide) groups is 1. The van der Waals surface area contributed by atoms with Crippen molar-refractivity contribution in [1.29, 1.82) is 0 Å². The topological polar surface area (TPSA) is 42.3 Å². The van der Waals surface area contributed by atoms with Gasteiger partial charge in [0.2, 0.25) is 0 Å². The van der Waals surface area contributed by atoms with Gasteiger partial charge in [0.15, 0.2) is 0 Å². The summed E-state index contributed by atoms with van der Waals surface area (Å²) in [6.07, 6.45) is 1.81. The molecule has 0 radical (unpaired) electrons. The molecule has 0 unspecified atom stereocenters. The zero-order valence-corrected chi connectivity index (χ0v) is 21.4. The molecule has 0 bridgehead atoms. The number of carbonyl (C=O) groups excluding carboxylic acids is 2. The van der Waals surface area contributed by atoms with Crippen LogP contribution in [0, 0.1) is 27.7 Å². The predicted molar refractivity (Wildman–Crippen MR) is 135 cm³/mol. The number of nitrogens with zero attached hydrogens (tertiary/aromatic N) is 2. The first-order valence-corrected chi connectivity index (χ1v) is 12.1. The fraction of sp³-hybridized carbons (Fsp3) is 0.200. The molecule has 2 amide bonds. The standard InChI is InChI=1S/C25H22BrClN2O2S/c1-14-9-20(10-15(2)23(14)26)29-16(3)11-19(17(29)4)12-22-24(30)28(25(31)32-22)13-18-7-5-6-8-21(18)27/h5-12H,13H2,1-4H3/b22-12-. The number of hydrogen-bond donors (Lipinski definition) is 0. The van der Waals surface area contributed by atoms with Crippen molar-refractivity contribution in [3.05, 3.63) is 90.5 Å². The minimum Gasteiger partial charge on any atom is -0.318 e. The van der Waals surface area contributed by atoms with Crippen LogP contribution in [-0.2, 0) is 11.3 Å². The Hall–Kier alpha value is -2.28. The number of hydrogen-bond acceptors (Lipinski definition) is 3. The van der Waals surface area contributed by atoms with Crippen LogP contribution in [-0.4, -0.2) is 20.6 Å². The molecular formula is C25H22BrClN2O2S. The first-order chi connectivity index (χ1) is 15.2. The zero-order chi connectivity index (χ0) is 23.2. The molecule has 164 valence electrons. The van der Waals surface area contributed by atoms with Gasteiger partial charge in [-0.15, -0.1) is 0 Å². The van der Waals surface area contributed by atoms with Crippen molar-refractivity contribution >= 4 is 56.5 Å². The summed E-state index contributed by atoms with van der Waals surface area (Å²) < 4.78 is 3.28. The number of benzene rings is 2. The van der Waals surface area contributed by atoms with E-state index in [0.29, 0.717) is 9.93 Å². The van der Waals surface area contributed by atoms with Gasteiger partial charge in [0, 0.05) is 26.6 Å². The van der Waals surface area contributed by atoms with Gasteiger partial charge in [-0.25, -0.2) is 0 Å². The Labute approximate surface area is 205 Å². The second kappa shape index (κ2) is 8.93. The maximum absolute atomic E-state index is 13.0. The van der Waals surface area contributed by atoms with Gasteiger partial charge in [0.25, 0.3) is 11.1 Å². The molecule has 1 aliphatic rings. The molecule has 1 saturated heterocycles. The van der Waals surface area contributed by atoms with E-state index < -0.39 is 0 Å². The van der Waals surface area contributed by atoms with Crippen molar-refractivity contribution in [2.45, 2.75) is 34.2 Å². The Balaban J connectivity index is 1.66. The quantitative estimate of drug-likeness (QED) is 0.332. The summed E-state index contributed by atoms with van der Waals surface area (Å²) in [5.74, 6) is -0.292. The highest BCUT2D eigenvalue weighted by molar-refractivity contribution is 9.10. The van der Waals surface area contributed by atoms with E-state index in [0.717, 1.165) is 55.6 Å². The van der Waals surface area contributed by atoms with Gasteiger partial charge in [-0.05, 0) is 92.1 Å². The molecule has 1 aliphatic heterocycles.